The molecule has 4 nitrogen and oxygen atoms in total. The van der Waals surface area contributed by atoms with Crippen LogP contribution in [0.25, 0.3) is 0 Å². The maximum atomic E-state index is 13.6. The van der Waals surface area contributed by atoms with Gasteiger partial charge in [-0.05, 0) is 36.2 Å². The van der Waals surface area contributed by atoms with Crippen molar-refractivity contribution in [2.75, 3.05) is 5.32 Å². The molecule has 0 spiro atoms. The second-order valence-electron chi connectivity index (χ2n) is 5.38. The lowest BCUT2D eigenvalue weighted by atomic mass is 10.1. The highest BCUT2D eigenvalue weighted by Crippen LogP contribution is 2.18. The van der Waals surface area contributed by atoms with Crippen molar-refractivity contribution in [1.29, 1.82) is 0 Å². The normalized spacial score (nSPS) is 10.6. The highest BCUT2D eigenvalue weighted by Gasteiger charge is 2.15. The average molecular weight is 327 g/mol. The van der Waals surface area contributed by atoms with E-state index in [-0.39, 0.29) is 5.69 Å². The van der Waals surface area contributed by atoms with Crippen molar-refractivity contribution in [1.82, 2.24) is 9.78 Å². The number of benzene rings is 2. The van der Waals surface area contributed by atoms with Gasteiger partial charge in [0, 0.05) is 6.20 Å². The maximum absolute atomic E-state index is 13.6. The summed E-state index contributed by atoms with van der Waals surface area (Å²) in [6.45, 7) is 2.50. The van der Waals surface area contributed by atoms with Gasteiger partial charge in [-0.3, -0.25) is 9.48 Å². The Kier molecular flexibility index (Phi) is 4.37. The molecule has 0 unspecified atom stereocenters. The second kappa shape index (κ2) is 6.62. The van der Waals surface area contributed by atoms with Crippen molar-refractivity contribution in [3.05, 3.63) is 83.2 Å². The molecular formula is C18H15F2N3O. The van der Waals surface area contributed by atoms with E-state index in [1.807, 2.05) is 31.2 Å². The average Bonchev–Trinajstić information content (AvgIpc) is 3.02. The van der Waals surface area contributed by atoms with Crippen molar-refractivity contribution in [3.63, 3.8) is 0 Å². The monoisotopic (exact) mass is 327 g/mol. The summed E-state index contributed by atoms with van der Waals surface area (Å²) in [7, 11) is 0. The number of carbonyl (C=O) groups is 1. The lowest BCUT2D eigenvalue weighted by Crippen LogP contribution is -2.15. The van der Waals surface area contributed by atoms with Gasteiger partial charge in [-0.25, -0.2) is 8.78 Å². The zero-order chi connectivity index (χ0) is 17.1. The van der Waals surface area contributed by atoms with Crippen molar-refractivity contribution in [3.8, 4) is 0 Å². The number of nitrogens with one attached hydrogen (secondary N) is 1. The van der Waals surface area contributed by atoms with Crippen LogP contribution >= 0.6 is 0 Å². The van der Waals surface area contributed by atoms with E-state index in [0.717, 1.165) is 23.3 Å². The molecule has 1 heterocycles. The Bertz CT molecular complexity index is 869. The molecule has 0 aliphatic heterocycles. The number of amides is 1. The Morgan fingerprint density at radius 1 is 1.08 bits per heavy atom. The predicted molar refractivity (Wildman–Crippen MR) is 86.8 cm³/mol. The minimum Gasteiger partial charge on any atom is -0.316 e. The third-order valence-electron chi connectivity index (χ3n) is 3.67. The number of aromatic nitrogens is 2. The molecule has 0 aliphatic carbocycles. The van der Waals surface area contributed by atoms with Gasteiger partial charge in [-0.15, -0.1) is 0 Å². The molecule has 0 saturated heterocycles. The molecule has 1 N–H and O–H groups in total. The Balaban J connectivity index is 1.76. The molecule has 1 amide bonds. The van der Waals surface area contributed by atoms with Gasteiger partial charge in [-0.2, -0.15) is 5.10 Å². The van der Waals surface area contributed by atoms with Crippen LogP contribution in [0.2, 0.25) is 0 Å². The third kappa shape index (κ3) is 3.32. The van der Waals surface area contributed by atoms with Crippen molar-refractivity contribution < 1.29 is 13.6 Å². The number of halogens is 2. The number of carbonyl (C=O) groups excluding carboxylic acids is 1. The molecule has 0 bridgehead atoms. The number of hydrogen-bond donors (Lipinski definition) is 1. The highest BCUT2D eigenvalue weighted by molar-refractivity contribution is 6.02. The van der Waals surface area contributed by atoms with Crippen LogP contribution in [0.15, 0.2) is 54.7 Å². The Labute approximate surface area is 137 Å². The number of anilines is 1. The van der Waals surface area contributed by atoms with E-state index in [2.05, 4.69) is 10.4 Å². The first-order chi connectivity index (χ1) is 11.5. The summed E-state index contributed by atoms with van der Waals surface area (Å²) in [5, 5.41) is 6.38. The summed E-state index contributed by atoms with van der Waals surface area (Å²) in [6.07, 6.45) is 1.65. The minimum atomic E-state index is -0.831. The third-order valence-corrected chi connectivity index (χ3v) is 3.67. The first-order valence-corrected chi connectivity index (χ1v) is 7.38. The number of aryl methyl sites for hydroxylation is 1. The van der Waals surface area contributed by atoms with Gasteiger partial charge < -0.3 is 5.32 Å². The first-order valence-electron chi connectivity index (χ1n) is 7.38. The number of nitrogens with zero attached hydrogens (tertiary/aromatic N) is 2. The van der Waals surface area contributed by atoms with Crippen LogP contribution in [-0.2, 0) is 6.54 Å². The van der Waals surface area contributed by atoms with Gasteiger partial charge in [0.2, 0.25) is 0 Å². The fourth-order valence-corrected chi connectivity index (χ4v) is 2.33. The molecule has 3 aromatic rings. The van der Waals surface area contributed by atoms with E-state index in [1.165, 1.54) is 12.1 Å². The van der Waals surface area contributed by atoms with Crippen LogP contribution in [0, 0.1) is 18.6 Å². The molecule has 24 heavy (non-hydrogen) atoms. The van der Waals surface area contributed by atoms with Gasteiger partial charge in [0.05, 0.1) is 6.54 Å². The van der Waals surface area contributed by atoms with Crippen molar-refractivity contribution >= 4 is 11.6 Å². The lowest BCUT2D eigenvalue weighted by Gasteiger charge is -2.06. The van der Waals surface area contributed by atoms with E-state index in [1.54, 1.807) is 10.9 Å². The van der Waals surface area contributed by atoms with Crippen LogP contribution in [0.5, 0.6) is 0 Å². The van der Waals surface area contributed by atoms with Gasteiger partial charge in [0.15, 0.2) is 5.69 Å². The van der Waals surface area contributed by atoms with Gasteiger partial charge in [0.25, 0.3) is 5.91 Å². The van der Waals surface area contributed by atoms with Crippen LogP contribution in [0.4, 0.5) is 14.5 Å². The fraction of sp³-hybridized carbons (Fsp3) is 0.111. The number of para-hydroxylation sites is 1. The summed E-state index contributed by atoms with van der Waals surface area (Å²) >= 11 is 0. The summed E-state index contributed by atoms with van der Waals surface area (Å²) < 4.78 is 28.8. The SMILES string of the molecule is Cc1ccccc1Cn1ccc(C(=O)Nc2c(F)cccc2F)n1. The zero-order valence-corrected chi connectivity index (χ0v) is 13.0. The lowest BCUT2D eigenvalue weighted by molar-refractivity contribution is 0.102. The summed E-state index contributed by atoms with van der Waals surface area (Å²) in [4.78, 5) is 12.1. The van der Waals surface area contributed by atoms with Crippen molar-refractivity contribution in [2.24, 2.45) is 0 Å². The van der Waals surface area contributed by atoms with Crippen LogP contribution < -0.4 is 5.32 Å². The number of rotatable bonds is 4. The predicted octanol–water partition coefficient (Wildman–Crippen LogP) is 3.77. The van der Waals surface area contributed by atoms with E-state index >= 15 is 0 Å². The summed E-state index contributed by atoms with van der Waals surface area (Å²) in [5.74, 6) is -2.33. The molecule has 0 aliphatic rings. The summed E-state index contributed by atoms with van der Waals surface area (Å²) in [6, 6.07) is 12.7. The van der Waals surface area contributed by atoms with Gasteiger partial charge in [-0.1, -0.05) is 30.3 Å². The van der Waals surface area contributed by atoms with E-state index in [9.17, 15) is 13.6 Å². The van der Waals surface area contributed by atoms with Gasteiger partial charge in [0.1, 0.15) is 17.3 Å². The maximum Gasteiger partial charge on any atom is 0.276 e. The Morgan fingerprint density at radius 2 is 1.79 bits per heavy atom. The van der Waals surface area contributed by atoms with E-state index < -0.39 is 23.2 Å². The Hall–Kier alpha value is -3.02. The summed E-state index contributed by atoms with van der Waals surface area (Å²) in [5.41, 5.74) is 1.81. The van der Waals surface area contributed by atoms with Crippen LogP contribution in [0.3, 0.4) is 0 Å². The molecule has 0 fully saturated rings. The molecule has 2 aromatic carbocycles. The largest absolute Gasteiger partial charge is 0.316 e. The first kappa shape index (κ1) is 15.9. The van der Waals surface area contributed by atoms with Crippen LogP contribution in [-0.4, -0.2) is 15.7 Å². The molecule has 0 atom stereocenters. The number of hydrogen-bond acceptors (Lipinski definition) is 2. The molecule has 0 saturated carbocycles. The standard InChI is InChI=1S/C18H15F2N3O/c1-12-5-2-3-6-13(12)11-23-10-9-16(22-23)18(24)21-17-14(19)7-4-8-15(17)20/h2-10H,11H2,1H3,(H,21,24). The quantitative estimate of drug-likeness (QED) is 0.793. The zero-order valence-electron chi connectivity index (χ0n) is 13.0. The van der Waals surface area contributed by atoms with Crippen molar-refractivity contribution in [2.45, 2.75) is 13.5 Å². The molecule has 3 rings (SSSR count). The fourth-order valence-electron chi connectivity index (χ4n) is 2.33. The molecular weight excluding hydrogens is 312 g/mol. The molecule has 1 aromatic heterocycles. The van der Waals surface area contributed by atoms with Gasteiger partial charge >= 0.3 is 0 Å². The molecule has 6 heteroatoms. The minimum absolute atomic E-state index is 0.0891. The molecule has 122 valence electrons. The topological polar surface area (TPSA) is 46.9 Å². The second-order valence-corrected chi connectivity index (χ2v) is 5.38. The smallest absolute Gasteiger partial charge is 0.276 e. The molecule has 0 radical (unpaired) electrons. The highest BCUT2D eigenvalue weighted by atomic mass is 19.1. The van der Waals surface area contributed by atoms with Crippen LogP contribution in [0.1, 0.15) is 21.6 Å². The van der Waals surface area contributed by atoms with E-state index in [4.69, 9.17) is 0 Å². The van der Waals surface area contributed by atoms with E-state index in [0.29, 0.717) is 6.54 Å². The Morgan fingerprint density at radius 3 is 2.50 bits per heavy atom.